The normalized spacial score (nSPS) is 10.1. The zero-order valence-corrected chi connectivity index (χ0v) is 12.2. The Balaban J connectivity index is 2.32. The lowest BCUT2D eigenvalue weighted by atomic mass is 10.1. The molecular weight excluding hydrogens is 324 g/mol. The van der Waals surface area contributed by atoms with E-state index in [0.29, 0.717) is 11.1 Å². The van der Waals surface area contributed by atoms with E-state index in [4.69, 9.17) is 0 Å². The van der Waals surface area contributed by atoms with Crippen molar-refractivity contribution >= 4 is 33.2 Å². The maximum Gasteiger partial charge on any atom is 0.293 e. The Labute approximate surface area is 123 Å². The second kappa shape index (κ2) is 5.83. The van der Waals surface area contributed by atoms with Crippen LogP contribution in [0.3, 0.4) is 0 Å². The van der Waals surface area contributed by atoms with E-state index in [1.54, 1.807) is 43.3 Å². The predicted molar refractivity (Wildman–Crippen MR) is 79.9 cm³/mol. The zero-order chi connectivity index (χ0) is 14.7. The quantitative estimate of drug-likeness (QED) is 0.683. The van der Waals surface area contributed by atoms with E-state index in [1.165, 1.54) is 6.07 Å². The Morgan fingerprint density at radius 1 is 1.20 bits per heavy atom. The molecule has 6 heteroatoms. The first-order chi connectivity index (χ1) is 9.49. The Bertz CT molecular complexity index is 669. The summed E-state index contributed by atoms with van der Waals surface area (Å²) in [5, 5.41) is 13.6. The lowest BCUT2D eigenvalue weighted by molar-refractivity contribution is -0.383. The van der Waals surface area contributed by atoms with Crippen molar-refractivity contribution in [3.63, 3.8) is 0 Å². The van der Waals surface area contributed by atoms with Gasteiger partial charge in [-0.2, -0.15) is 0 Å². The van der Waals surface area contributed by atoms with E-state index in [1.807, 2.05) is 0 Å². The Kier molecular flexibility index (Phi) is 4.14. The third-order valence-corrected chi connectivity index (χ3v) is 3.32. The highest BCUT2D eigenvalue weighted by Gasteiger charge is 2.18. The van der Waals surface area contributed by atoms with Crippen LogP contribution in [0.5, 0.6) is 0 Å². The van der Waals surface area contributed by atoms with Crippen LogP contribution in [0.1, 0.15) is 15.9 Å². The molecule has 0 saturated heterocycles. The van der Waals surface area contributed by atoms with E-state index in [9.17, 15) is 14.9 Å². The van der Waals surface area contributed by atoms with E-state index in [2.05, 4.69) is 21.2 Å². The molecule has 2 rings (SSSR count). The molecule has 0 saturated carbocycles. The number of carbonyl (C=O) groups excluding carboxylic acids is 1. The van der Waals surface area contributed by atoms with Crippen molar-refractivity contribution in [3.05, 3.63) is 68.2 Å². The van der Waals surface area contributed by atoms with Gasteiger partial charge < -0.3 is 5.32 Å². The molecule has 102 valence electrons. The molecule has 20 heavy (non-hydrogen) atoms. The highest BCUT2D eigenvalue weighted by molar-refractivity contribution is 9.10. The summed E-state index contributed by atoms with van der Waals surface area (Å²) in [6.07, 6.45) is 0. The topological polar surface area (TPSA) is 72.2 Å². The first-order valence-electron chi connectivity index (χ1n) is 5.80. The molecule has 0 aliphatic heterocycles. The number of hydrogen-bond donors (Lipinski definition) is 1. The first kappa shape index (κ1) is 14.2. The van der Waals surface area contributed by atoms with Crippen LogP contribution in [0.15, 0.2) is 46.9 Å². The minimum atomic E-state index is -0.510. The van der Waals surface area contributed by atoms with Gasteiger partial charge in [0, 0.05) is 16.1 Å². The average Bonchev–Trinajstić information content (AvgIpc) is 2.41. The average molecular weight is 335 g/mol. The summed E-state index contributed by atoms with van der Waals surface area (Å²) in [6, 6.07) is 11.4. The molecule has 0 spiro atoms. The molecule has 0 fully saturated rings. The fraction of sp³-hybridized carbons (Fsp3) is 0.0714. The molecule has 5 nitrogen and oxygen atoms in total. The van der Waals surface area contributed by atoms with Gasteiger partial charge >= 0.3 is 0 Å². The largest absolute Gasteiger partial charge is 0.316 e. The summed E-state index contributed by atoms with van der Waals surface area (Å²) in [5.74, 6) is -0.380. The number of hydrogen-bond acceptors (Lipinski definition) is 3. The summed E-state index contributed by atoms with van der Waals surface area (Å²) < 4.78 is 0.857. The van der Waals surface area contributed by atoms with Crippen molar-refractivity contribution in [2.24, 2.45) is 0 Å². The van der Waals surface area contributed by atoms with Crippen LogP contribution in [0.4, 0.5) is 11.4 Å². The van der Waals surface area contributed by atoms with Crippen molar-refractivity contribution in [3.8, 4) is 0 Å². The fourth-order valence-electron chi connectivity index (χ4n) is 1.75. The maximum atomic E-state index is 12.1. The number of amides is 1. The van der Waals surface area contributed by atoms with Gasteiger partial charge in [0.2, 0.25) is 0 Å². The summed E-state index contributed by atoms with van der Waals surface area (Å²) in [7, 11) is 0. The molecule has 1 amide bonds. The van der Waals surface area contributed by atoms with Gasteiger partial charge in [0.1, 0.15) is 5.69 Å². The van der Waals surface area contributed by atoms with Crippen LogP contribution < -0.4 is 5.32 Å². The lowest BCUT2D eigenvalue weighted by Gasteiger charge is -2.09. The fourth-order valence-corrected chi connectivity index (χ4v) is 2.02. The van der Waals surface area contributed by atoms with Crippen molar-refractivity contribution in [1.29, 1.82) is 0 Å². The molecule has 2 aromatic carbocycles. The van der Waals surface area contributed by atoms with Crippen molar-refractivity contribution < 1.29 is 9.72 Å². The third kappa shape index (κ3) is 3.03. The van der Waals surface area contributed by atoms with Gasteiger partial charge in [0.25, 0.3) is 11.6 Å². The first-order valence-corrected chi connectivity index (χ1v) is 6.59. The predicted octanol–water partition coefficient (Wildman–Crippen LogP) is 3.92. The standard InChI is InChI=1S/C14H11BrN2O3/c1-9-3-2-4-12(17(19)20)13(9)16-14(18)10-5-7-11(15)8-6-10/h2-8H,1H3,(H,16,18). The van der Waals surface area contributed by atoms with Crippen LogP contribution in [0.2, 0.25) is 0 Å². The van der Waals surface area contributed by atoms with Crippen molar-refractivity contribution in [1.82, 2.24) is 0 Å². The number of rotatable bonds is 3. The Morgan fingerprint density at radius 3 is 2.45 bits per heavy atom. The van der Waals surface area contributed by atoms with Gasteiger partial charge in [0.15, 0.2) is 0 Å². The maximum absolute atomic E-state index is 12.1. The van der Waals surface area contributed by atoms with Crippen molar-refractivity contribution in [2.45, 2.75) is 6.92 Å². The third-order valence-electron chi connectivity index (χ3n) is 2.79. The van der Waals surface area contributed by atoms with Gasteiger partial charge in [-0.25, -0.2) is 0 Å². The second-order valence-corrected chi connectivity index (χ2v) is 5.10. The second-order valence-electron chi connectivity index (χ2n) is 4.19. The van der Waals surface area contributed by atoms with Crippen molar-refractivity contribution in [2.75, 3.05) is 5.32 Å². The highest BCUT2D eigenvalue weighted by atomic mass is 79.9. The van der Waals surface area contributed by atoms with Crippen LogP contribution >= 0.6 is 15.9 Å². The van der Waals surface area contributed by atoms with Crippen LogP contribution in [0, 0.1) is 17.0 Å². The Morgan fingerprint density at radius 2 is 1.85 bits per heavy atom. The molecule has 2 aromatic rings. The molecule has 0 heterocycles. The number of nitro benzene ring substituents is 1. The zero-order valence-electron chi connectivity index (χ0n) is 10.6. The van der Waals surface area contributed by atoms with E-state index in [-0.39, 0.29) is 17.3 Å². The minimum Gasteiger partial charge on any atom is -0.316 e. The summed E-state index contributed by atoms with van der Waals surface area (Å²) in [6.45, 7) is 1.71. The van der Waals surface area contributed by atoms with Gasteiger partial charge in [-0.15, -0.1) is 0 Å². The number of benzene rings is 2. The SMILES string of the molecule is Cc1cccc([N+](=O)[O-])c1NC(=O)c1ccc(Br)cc1. The molecule has 1 N–H and O–H groups in total. The van der Waals surface area contributed by atoms with E-state index >= 15 is 0 Å². The van der Waals surface area contributed by atoms with Crippen LogP contribution in [-0.2, 0) is 0 Å². The number of halogens is 1. The minimum absolute atomic E-state index is 0.115. The lowest BCUT2D eigenvalue weighted by Crippen LogP contribution is -2.14. The number of anilines is 1. The molecule has 0 unspecified atom stereocenters. The highest BCUT2D eigenvalue weighted by Crippen LogP contribution is 2.28. The summed E-state index contributed by atoms with van der Waals surface area (Å²) >= 11 is 3.28. The smallest absolute Gasteiger partial charge is 0.293 e. The number of nitro groups is 1. The van der Waals surface area contributed by atoms with E-state index in [0.717, 1.165) is 4.47 Å². The van der Waals surface area contributed by atoms with Gasteiger partial charge in [-0.1, -0.05) is 28.1 Å². The molecule has 0 aliphatic carbocycles. The van der Waals surface area contributed by atoms with E-state index < -0.39 is 4.92 Å². The monoisotopic (exact) mass is 334 g/mol. The van der Waals surface area contributed by atoms with Gasteiger partial charge in [-0.05, 0) is 36.8 Å². The van der Waals surface area contributed by atoms with Crippen LogP contribution in [-0.4, -0.2) is 10.8 Å². The molecule has 0 radical (unpaired) electrons. The molecule has 0 aromatic heterocycles. The van der Waals surface area contributed by atoms with Crippen LogP contribution in [0.25, 0.3) is 0 Å². The van der Waals surface area contributed by atoms with Gasteiger partial charge in [0.05, 0.1) is 4.92 Å². The number of nitrogens with one attached hydrogen (secondary N) is 1. The number of para-hydroxylation sites is 1. The number of nitrogens with zero attached hydrogens (tertiary/aromatic N) is 1. The molecule has 0 aliphatic rings. The number of carbonyl (C=O) groups is 1. The Hall–Kier alpha value is -2.21. The molecule has 0 atom stereocenters. The van der Waals surface area contributed by atoms with Gasteiger partial charge in [-0.3, -0.25) is 14.9 Å². The molecular formula is C14H11BrN2O3. The molecule has 0 bridgehead atoms. The summed E-state index contributed by atoms with van der Waals surface area (Å²) in [5.41, 5.74) is 1.19. The number of aryl methyl sites for hydroxylation is 1. The summed E-state index contributed by atoms with van der Waals surface area (Å²) in [4.78, 5) is 22.6.